The van der Waals surface area contributed by atoms with Gasteiger partial charge in [0.15, 0.2) is 6.29 Å². The molecule has 0 aliphatic carbocycles. The molecule has 2 fully saturated rings. The molecule has 0 radical (unpaired) electrons. The van der Waals surface area contributed by atoms with Gasteiger partial charge in [-0.2, -0.15) is 0 Å². The number of amides is 1. The third kappa shape index (κ3) is 6.70. The first-order chi connectivity index (χ1) is 17.1. The van der Waals surface area contributed by atoms with Gasteiger partial charge in [0, 0.05) is 23.7 Å². The van der Waals surface area contributed by atoms with Crippen LogP contribution in [0.25, 0.3) is 0 Å². The molecule has 2 aliphatic rings. The minimum Gasteiger partial charge on any atom is -0.445 e. The van der Waals surface area contributed by atoms with Crippen molar-refractivity contribution < 1.29 is 24.1 Å². The zero-order valence-corrected chi connectivity index (χ0v) is 20.4. The second-order valence-electron chi connectivity index (χ2n) is 9.32. The topological polar surface area (TPSA) is 80.3 Å². The monoisotopic (exact) mass is 480 g/mol. The third-order valence-electron chi connectivity index (χ3n) is 6.77. The summed E-state index contributed by atoms with van der Waals surface area (Å²) < 4.78 is 18.0. The molecule has 0 spiro atoms. The summed E-state index contributed by atoms with van der Waals surface area (Å²) >= 11 is 0. The number of hydrogen-bond donors (Lipinski definition) is 2. The largest absolute Gasteiger partial charge is 0.445 e. The molecule has 7 nitrogen and oxygen atoms in total. The summed E-state index contributed by atoms with van der Waals surface area (Å²) in [5, 5.41) is 12.1. The van der Waals surface area contributed by atoms with E-state index in [-0.39, 0.29) is 31.3 Å². The average Bonchev–Trinajstić information content (AvgIpc) is 2.90. The van der Waals surface area contributed by atoms with Crippen LogP contribution in [0.3, 0.4) is 0 Å². The number of nitrogens with one attached hydrogen (secondary N) is 1. The molecule has 2 N–H and O–H groups in total. The van der Waals surface area contributed by atoms with E-state index >= 15 is 0 Å². The van der Waals surface area contributed by atoms with E-state index in [0.717, 1.165) is 36.3 Å². The van der Waals surface area contributed by atoms with Gasteiger partial charge in [0.1, 0.15) is 6.61 Å². The lowest BCUT2D eigenvalue weighted by atomic mass is 9.89. The highest BCUT2D eigenvalue weighted by molar-refractivity contribution is 5.84. The lowest BCUT2D eigenvalue weighted by Gasteiger charge is -2.43. The van der Waals surface area contributed by atoms with E-state index in [4.69, 9.17) is 14.2 Å². The van der Waals surface area contributed by atoms with E-state index in [0.29, 0.717) is 5.69 Å². The summed E-state index contributed by atoms with van der Waals surface area (Å²) in [4.78, 5) is 14.3. The number of benzene rings is 2. The number of hydrogen-bond acceptors (Lipinski definition) is 6. The molecular formula is C28H36N2O5. The molecule has 2 aliphatic heterocycles. The molecule has 4 rings (SSSR count). The summed E-state index contributed by atoms with van der Waals surface area (Å²) in [5.74, 6) is 0.161. The molecule has 2 aromatic carbocycles. The van der Waals surface area contributed by atoms with E-state index in [1.54, 1.807) is 0 Å². The Morgan fingerprint density at radius 3 is 2.43 bits per heavy atom. The zero-order chi connectivity index (χ0) is 24.6. The molecule has 2 heterocycles. The molecule has 0 bridgehead atoms. The smallest absolute Gasteiger partial charge is 0.411 e. The third-order valence-corrected chi connectivity index (χ3v) is 6.77. The van der Waals surface area contributed by atoms with Gasteiger partial charge in [0.25, 0.3) is 0 Å². The Morgan fingerprint density at radius 1 is 1.09 bits per heavy atom. The molecule has 2 aromatic rings. The Kier molecular flexibility index (Phi) is 8.93. The Morgan fingerprint density at radius 2 is 1.77 bits per heavy atom. The molecule has 2 saturated heterocycles. The van der Waals surface area contributed by atoms with Crippen molar-refractivity contribution in [3.63, 3.8) is 0 Å². The number of ether oxygens (including phenoxy) is 3. The summed E-state index contributed by atoms with van der Waals surface area (Å²) in [6.45, 7) is 9.00. The lowest BCUT2D eigenvalue weighted by Crippen LogP contribution is -2.45. The number of anilines is 1. The van der Waals surface area contributed by atoms with Crippen molar-refractivity contribution in [2.75, 3.05) is 31.6 Å². The summed E-state index contributed by atoms with van der Waals surface area (Å²) in [6, 6.07) is 15.4. The van der Waals surface area contributed by atoms with Crippen molar-refractivity contribution in [3.05, 3.63) is 77.9 Å². The van der Waals surface area contributed by atoms with Crippen LogP contribution in [0.5, 0.6) is 0 Å². The first kappa shape index (κ1) is 25.4. The van der Waals surface area contributed by atoms with Crippen molar-refractivity contribution in [2.45, 2.75) is 51.3 Å². The molecular weight excluding hydrogens is 444 g/mol. The number of likely N-dealkylation sites (tertiary alicyclic amines) is 1. The van der Waals surface area contributed by atoms with Gasteiger partial charge in [-0.15, -0.1) is 0 Å². The SMILES string of the molecule is C=CCOC(=O)Nc1ccc([C@H]2O[C@@H](CN3CCCCC3)[C@@H](C)[C@@H](c3ccc(CO)cc3)O2)cc1. The minimum atomic E-state index is -0.523. The number of rotatable bonds is 8. The number of carbonyl (C=O) groups excluding carboxylic acids is 1. The fourth-order valence-corrected chi connectivity index (χ4v) is 4.74. The van der Waals surface area contributed by atoms with Crippen LogP contribution in [-0.4, -0.2) is 48.4 Å². The van der Waals surface area contributed by atoms with E-state index in [1.165, 1.54) is 25.3 Å². The fourth-order valence-electron chi connectivity index (χ4n) is 4.74. The first-order valence-electron chi connectivity index (χ1n) is 12.4. The van der Waals surface area contributed by atoms with Crippen molar-refractivity contribution in [2.24, 2.45) is 5.92 Å². The molecule has 7 heteroatoms. The number of nitrogens with zero attached hydrogens (tertiary/aromatic N) is 1. The standard InChI is InChI=1S/C28H36N2O5/c1-3-17-33-28(32)29-24-13-11-23(12-14-24)27-34-25(18-30-15-5-4-6-16-30)20(2)26(35-27)22-9-7-21(19-31)8-10-22/h3,7-14,20,25-27,31H,1,4-6,15-19H2,2H3,(H,29,32)/t20-,25+,26+,27+/m1/s1. The van der Waals surface area contributed by atoms with Crippen molar-refractivity contribution in [1.29, 1.82) is 0 Å². The maximum atomic E-state index is 11.8. The predicted octanol–water partition coefficient (Wildman–Crippen LogP) is 5.19. The van der Waals surface area contributed by atoms with Gasteiger partial charge in [-0.3, -0.25) is 5.32 Å². The molecule has 0 unspecified atom stereocenters. The molecule has 188 valence electrons. The van der Waals surface area contributed by atoms with Gasteiger partial charge in [-0.1, -0.05) is 62.4 Å². The maximum absolute atomic E-state index is 11.8. The molecule has 0 aromatic heterocycles. The van der Waals surface area contributed by atoms with Crippen molar-refractivity contribution >= 4 is 11.8 Å². The van der Waals surface area contributed by atoms with Gasteiger partial charge in [0.2, 0.25) is 0 Å². The number of aliphatic hydroxyl groups is 1. The number of aliphatic hydroxyl groups excluding tert-OH is 1. The highest BCUT2D eigenvalue weighted by Crippen LogP contribution is 2.42. The van der Waals surface area contributed by atoms with Gasteiger partial charge >= 0.3 is 6.09 Å². The van der Waals surface area contributed by atoms with Crippen LogP contribution < -0.4 is 5.32 Å². The number of carbonyl (C=O) groups is 1. The first-order valence-corrected chi connectivity index (χ1v) is 12.4. The Balaban J connectivity index is 1.51. The minimum absolute atomic E-state index is 0.0149. The molecule has 35 heavy (non-hydrogen) atoms. The Bertz CT molecular complexity index is 956. The normalized spacial score (nSPS) is 25.1. The quantitative estimate of drug-likeness (QED) is 0.506. The van der Waals surface area contributed by atoms with Gasteiger partial charge < -0.3 is 24.2 Å². The van der Waals surface area contributed by atoms with E-state index < -0.39 is 12.4 Å². The van der Waals surface area contributed by atoms with Crippen LogP contribution >= 0.6 is 0 Å². The van der Waals surface area contributed by atoms with E-state index in [1.807, 2.05) is 48.5 Å². The molecule has 0 saturated carbocycles. The molecule has 1 amide bonds. The lowest BCUT2D eigenvalue weighted by molar-refractivity contribution is -0.276. The molecule has 4 atom stereocenters. The predicted molar refractivity (Wildman–Crippen MR) is 135 cm³/mol. The van der Waals surface area contributed by atoms with Crippen LogP contribution in [0.4, 0.5) is 10.5 Å². The maximum Gasteiger partial charge on any atom is 0.411 e. The van der Waals surface area contributed by atoms with Gasteiger partial charge in [-0.05, 0) is 49.2 Å². The Hall–Kier alpha value is -2.71. The van der Waals surface area contributed by atoms with Crippen LogP contribution in [0.15, 0.2) is 61.2 Å². The van der Waals surface area contributed by atoms with Crippen molar-refractivity contribution in [1.82, 2.24) is 4.90 Å². The van der Waals surface area contributed by atoms with Crippen LogP contribution in [0, 0.1) is 5.92 Å². The number of piperidine rings is 1. The van der Waals surface area contributed by atoms with Crippen LogP contribution in [0.2, 0.25) is 0 Å². The summed E-state index contributed by atoms with van der Waals surface area (Å²) in [7, 11) is 0. The van der Waals surface area contributed by atoms with Crippen molar-refractivity contribution in [3.8, 4) is 0 Å². The zero-order valence-electron chi connectivity index (χ0n) is 20.4. The second-order valence-corrected chi connectivity index (χ2v) is 9.32. The van der Waals surface area contributed by atoms with Gasteiger partial charge in [0.05, 0.1) is 18.8 Å². The fraction of sp³-hybridized carbons (Fsp3) is 0.464. The van der Waals surface area contributed by atoms with Crippen LogP contribution in [0.1, 0.15) is 55.3 Å². The highest BCUT2D eigenvalue weighted by atomic mass is 16.7. The Labute approximate surface area is 207 Å². The van der Waals surface area contributed by atoms with Gasteiger partial charge in [-0.25, -0.2) is 4.79 Å². The van der Waals surface area contributed by atoms with E-state index in [2.05, 4.69) is 23.7 Å². The summed E-state index contributed by atoms with van der Waals surface area (Å²) in [5.41, 5.74) is 3.48. The second kappa shape index (κ2) is 12.3. The van der Waals surface area contributed by atoms with Crippen LogP contribution in [-0.2, 0) is 20.8 Å². The average molecular weight is 481 g/mol. The summed E-state index contributed by atoms with van der Waals surface area (Å²) in [6.07, 6.45) is 4.12. The highest BCUT2D eigenvalue weighted by Gasteiger charge is 2.39. The van der Waals surface area contributed by atoms with E-state index in [9.17, 15) is 9.90 Å².